The van der Waals surface area contributed by atoms with Gasteiger partial charge in [-0.05, 0) is 23.6 Å². The van der Waals surface area contributed by atoms with Crippen molar-refractivity contribution in [1.29, 1.82) is 0 Å². The van der Waals surface area contributed by atoms with Crippen LogP contribution in [0.25, 0.3) is 27.8 Å². The molecule has 0 unspecified atom stereocenters. The zero-order valence-corrected chi connectivity index (χ0v) is 10.8. The predicted octanol–water partition coefficient (Wildman–Crippen LogP) is 2.87. The van der Waals surface area contributed by atoms with Crippen LogP contribution < -0.4 is 10.7 Å². The lowest BCUT2D eigenvalue weighted by molar-refractivity contribution is 1.21. The molecule has 1 aromatic heterocycles. The molecule has 1 aliphatic rings. The fourth-order valence-electron chi connectivity index (χ4n) is 2.52. The largest absolute Gasteiger partial charge is 0.255 e. The van der Waals surface area contributed by atoms with Gasteiger partial charge in [0.05, 0.1) is 16.2 Å². The maximum Gasteiger partial charge on any atom is 0.0894 e. The second-order valence-corrected chi connectivity index (χ2v) is 4.77. The lowest BCUT2D eigenvalue weighted by atomic mass is 10.1. The van der Waals surface area contributed by atoms with E-state index in [1.54, 1.807) is 6.20 Å². The van der Waals surface area contributed by atoms with Crippen molar-refractivity contribution in [3.05, 3.63) is 77.6 Å². The first-order chi connectivity index (χ1) is 9.92. The first-order valence-electron chi connectivity index (χ1n) is 6.62. The van der Waals surface area contributed by atoms with Crippen molar-refractivity contribution < 1.29 is 0 Å². The van der Waals surface area contributed by atoms with Gasteiger partial charge in [-0.1, -0.05) is 48.6 Å². The molecule has 0 aliphatic carbocycles. The second-order valence-electron chi connectivity index (χ2n) is 4.77. The average Bonchev–Trinajstić information content (AvgIpc) is 2.47. The first kappa shape index (κ1) is 11.1. The Balaban J connectivity index is 2.22. The third-order valence-electron chi connectivity index (χ3n) is 3.49. The summed E-state index contributed by atoms with van der Waals surface area (Å²) in [5, 5.41) is 5.34. The lowest BCUT2D eigenvalue weighted by Crippen LogP contribution is -2.28. The summed E-state index contributed by atoms with van der Waals surface area (Å²) < 4.78 is 0. The summed E-state index contributed by atoms with van der Waals surface area (Å²) in [6.45, 7) is 0. The quantitative estimate of drug-likeness (QED) is 0.568. The summed E-state index contributed by atoms with van der Waals surface area (Å²) in [6, 6.07) is 14.7. The zero-order valence-electron chi connectivity index (χ0n) is 10.8. The van der Waals surface area contributed by atoms with Gasteiger partial charge in [-0.3, -0.25) is 4.99 Å². The number of benzene rings is 2. The van der Waals surface area contributed by atoms with Crippen molar-refractivity contribution >= 4 is 27.8 Å². The molecule has 0 atom stereocenters. The highest BCUT2D eigenvalue weighted by Gasteiger charge is 2.02. The highest BCUT2D eigenvalue weighted by atomic mass is 14.7. The van der Waals surface area contributed by atoms with Crippen LogP contribution in [0.15, 0.2) is 71.9 Å². The highest BCUT2D eigenvalue weighted by molar-refractivity contribution is 6.04. The van der Waals surface area contributed by atoms with Crippen LogP contribution in [0.5, 0.6) is 0 Å². The van der Waals surface area contributed by atoms with Crippen molar-refractivity contribution in [1.82, 2.24) is 4.98 Å². The van der Waals surface area contributed by atoms with E-state index in [1.165, 1.54) is 10.8 Å². The Hall–Kier alpha value is -2.74. The first-order valence-corrected chi connectivity index (χ1v) is 6.62. The number of pyridine rings is 1. The Kier molecular flexibility index (Phi) is 2.46. The van der Waals surface area contributed by atoms with Crippen molar-refractivity contribution in [3.8, 4) is 0 Å². The standard InChI is InChI=1S/C18H12N2/c1-2-8-16-17(19-11-5-1)12-14-10-9-13-6-3-4-7-15(13)18(14)20-16/h1-12H/b2-1-,5-1?,8-2?,11-5-,16-8+,19-11?,19-17-. The summed E-state index contributed by atoms with van der Waals surface area (Å²) in [5.74, 6) is 0. The van der Waals surface area contributed by atoms with Gasteiger partial charge < -0.3 is 0 Å². The Morgan fingerprint density at radius 2 is 1.70 bits per heavy atom. The van der Waals surface area contributed by atoms with Gasteiger partial charge in [0.25, 0.3) is 0 Å². The van der Waals surface area contributed by atoms with Gasteiger partial charge in [0.15, 0.2) is 0 Å². The van der Waals surface area contributed by atoms with Gasteiger partial charge in [0.2, 0.25) is 0 Å². The molecule has 2 aromatic carbocycles. The van der Waals surface area contributed by atoms with Crippen LogP contribution >= 0.6 is 0 Å². The van der Waals surface area contributed by atoms with E-state index in [9.17, 15) is 0 Å². The van der Waals surface area contributed by atoms with Crippen molar-refractivity contribution in [3.63, 3.8) is 0 Å². The molecule has 0 bridgehead atoms. The summed E-state index contributed by atoms with van der Waals surface area (Å²) in [4.78, 5) is 9.26. The lowest BCUT2D eigenvalue weighted by Gasteiger charge is -2.03. The Labute approximate surface area is 116 Å². The van der Waals surface area contributed by atoms with E-state index in [-0.39, 0.29) is 0 Å². The van der Waals surface area contributed by atoms with Crippen molar-refractivity contribution in [2.24, 2.45) is 4.99 Å². The molecule has 3 aromatic rings. The molecule has 2 heteroatoms. The summed E-state index contributed by atoms with van der Waals surface area (Å²) >= 11 is 0. The maximum absolute atomic E-state index is 4.81. The average molecular weight is 256 g/mol. The number of hydrogen-bond donors (Lipinski definition) is 0. The molecule has 2 nitrogen and oxygen atoms in total. The number of allylic oxidation sites excluding steroid dienone is 3. The van der Waals surface area contributed by atoms with Crippen molar-refractivity contribution in [2.45, 2.75) is 0 Å². The molecule has 1 aliphatic heterocycles. The number of rotatable bonds is 0. The third-order valence-corrected chi connectivity index (χ3v) is 3.49. The third kappa shape index (κ3) is 1.74. The van der Waals surface area contributed by atoms with Crippen LogP contribution in [0.2, 0.25) is 0 Å². The van der Waals surface area contributed by atoms with E-state index in [0.29, 0.717) is 0 Å². The molecule has 4 rings (SSSR count). The molecule has 20 heavy (non-hydrogen) atoms. The molecule has 0 radical (unpaired) electrons. The summed E-state index contributed by atoms with van der Waals surface area (Å²) in [7, 11) is 0. The van der Waals surface area contributed by atoms with E-state index in [4.69, 9.17) is 4.98 Å². The normalized spacial score (nSPS) is 20.0. The molecule has 0 N–H and O–H groups in total. The van der Waals surface area contributed by atoms with Crippen LogP contribution in [0.3, 0.4) is 0 Å². The Bertz CT molecular complexity index is 995. The van der Waals surface area contributed by atoms with E-state index < -0.39 is 0 Å². The van der Waals surface area contributed by atoms with Crippen LogP contribution in [0, 0.1) is 0 Å². The number of hydrogen-bond acceptors (Lipinski definition) is 2. The Morgan fingerprint density at radius 1 is 0.800 bits per heavy atom. The van der Waals surface area contributed by atoms with E-state index in [1.807, 2.05) is 24.3 Å². The van der Waals surface area contributed by atoms with E-state index in [0.717, 1.165) is 21.6 Å². The van der Waals surface area contributed by atoms with Crippen LogP contribution in [0.4, 0.5) is 0 Å². The SMILES string of the molecule is C1=C\C=c2\nc3c(ccc4ccccc43)c\c2=N\C=C/1. The molecule has 0 saturated heterocycles. The van der Waals surface area contributed by atoms with Crippen LogP contribution in [-0.2, 0) is 0 Å². The molecular weight excluding hydrogens is 244 g/mol. The molecule has 2 heterocycles. The second kappa shape index (κ2) is 4.42. The number of fused-ring (bicyclic) bond motifs is 4. The van der Waals surface area contributed by atoms with Crippen molar-refractivity contribution in [2.75, 3.05) is 0 Å². The summed E-state index contributed by atoms with van der Waals surface area (Å²) in [5.41, 5.74) is 1.03. The number of nitrogens with zero attached hydrogens (tertiary/aromatic N) is 2. The molecular formula is C18H12N2. The predicted molar refractivity (Wildman–Crippen MR) is 82.8 cm³/mol. The molecule has 0 amide bonds. The topological polar surface area (TPSA) is 25.2 Å². The van der Waals surface area contributed by atoms with Gasteiger partial charge in [-0.15, -0.1) is 0 Å². The fourth-order valence-corrected chi connectivity index (χ4v) is 2.52. The minimum absolute atomic E-state index is 0.911. The Morgan fingerprint density at radius 3 is 2.70 bits per heavy atom. The van der Waals surface area contributed by atoms with Gasteiger partial charge in [0.1, 0.15) is 0 Å². The molecule has 0 fully saturated rings. The van der Waals surface area contributed by atoms with Crippen LogP contribution in [-0.4, -0.2) is 4.98 Å². The van der Waals surface area contributed by atoms with Gasteiger partial charge in [-0.2, -0.15) is 0 Å². The highest BCUT2D eigenvalue weighted by Crippen LogP contribution is 2.21. The van der Waals surface area contributed by atoms with E-state index >= 15 is 0 Å². The fraction of sp³-hybridized carbons (Fsp3) is 0. The van der Waals surface area contributed by atoms with Gasteiger partial charge >= 0.3 is 0 Å². The minimum Gasteiger partial charge on any atom is -0.255 e. The van der Waals surface area contributed by atoms with Gasteiger partial charge in [-0.25, -0.2) is 4.98 Å². The smallest absolute Gasteiger partial charge is 0.0894 e. The zero-order chi connectivity index (χ0) is 13.4. The van der Waals surface area contributed by atoms with Gasteiger partial charge in [0, 0.05) is 17.0 Å². The number of aromatic nitrogens is 1. The molecule has 0 saturated carbocycles. The monoisotopic (exact) mass is 256 g/mol. The minimum atomic E-state index is 0.911. The van der Waals surface area contributed by atoms with E-state index in [2.05, 4.69) is 47.5 Å². The molecule has 0 spiro atoms. The molecule has 94 valence electrons. The summed E-state index contributed by atoms with van der Waals surface area (Å²) in [6.07, 6.45) is 9.68. The van der Waals surface area contributed by atoms with Crippen LogP contribution in [0.1, 0.15) is 0 Å². The maximum atomic E-state index is 4.81.